The molecule has 0 amide bonds. The number of H-pyrrole nitrogens is 1. The van der Waals surface area contributed by atoms with Crippen LogP contribution in [0.1, 0.15) is 25.0 Å². The summed E-state index contributed by atoms with van der Waals surface area (Å²) in [5.41, 5.74) is 6.57. The first-order valence-electron chi connectivity index (χ1n) is 4.76. The number of hydrogen-bond acceptors (Lipinski definition) is 3. The molecule has 0 saturated carbocycles. The number of hydrogen-bond donors (Lipinski definition) is 2. The first-order valence-corrected chi connectivity index (χ1v) is 4.76. The fourth-order valence-corrected chi connectivity index (χ4v) is 1.70. The molecule has 0 bridgehead atoms. The maximum atomic E-state index is 5.60. The summed E-state index contributed by atoms with van der Waals surface area (Å²) in [6.45, 7) is 0.897. The van der Waals surface area contributed by atoms with E-state index in [0.29, 0.717) is 11.9 Å². The Morgan fingerprint density at radius 2 is 2.54 bits per heavy atom. The SMILES string of the molecule is Nc1cc(CC2CCCCO2)[nH]n1. The van der Waals surface area contributed by atoms with E-state index >= 15 is 0 Å². The first-order chi connectivity index (χ1) is 6.34. The van der Waals surface area contributed by atoms with Crippen LogP contribution < -0.4 is 5.73 Å². The Labute approximate surface area is 77.5 Å². The van der Waals surface area contributed by atoms with Crippen LogP contribution in [-0.2, 0) is 11.2 Å². The predicted molar refractivity (Wildman–Crippen MR) is 50.3 cm³/mol. The van der Waals surface area contributed by atoms with Crippen molar-refractivity contribution in [2.45, 2.75) is 31.8 Å². The maximum Gasteiger partial charge on any atom is 0.145 e. The van der Waals surface area contributed by atoms with Gasteiger partial charge in [-0.15, -0.1) is 0 Å². The molecule has 1 aliphatic rings. The molecule has 1 saturated heterocycles. The van der Waals surface area contributed by atoms with Crippen LogP contribution in [-0.4, -0.2) is 22.9 Å². The summed E-state index contributed by atoms with van der Waals surface area (Å²) in [5, 5.41) is 6.78. The minimum atomic E-state index is 0.355. The van der Waals surface area contributed by atoms with Crippen LogP contribution in [0.3, 0.4) is 0 Å². The minimum Gasteiger partial charge on any atom is -0.382 e. The van der Waals surface area contributed by atoms with Crippen LogP contribution in [0.5, 0.6) is 0 Å². The molecule has 2 heterocycles. The van der Waals surface area contributed by atoms with Crippen molar-refractivity contribution >= 4 is 5.82 Å². The van der Waals surface area contributed by atoms with Crippen LogP contribution in [0, 0.1) is 0 Å². The average molecular weight is 181 g/mol. The van der Waals surface area contributed by atoms with E-state index in [1.165, 1.54) is 12.8 Å². The van der Waals surface area contributed by atoms with Gasteiger partial charge in [-0.05, 0) is 19.3 Å². The third-order valence-electron chi connectivity index (χ3n) is 2.37. The van der Waals surface area contributed by atoms with Gasteiger partial charge < -0.3 is 10.5 Å². The molecule has 4 nitrogen and oxygen atoms in total. The van der Waals surface area contributed by atoms with Gasteiger partial charge in [0.2, 0.25) is 0 Å². The van der Waals surface area contributed by atoms with Gasteiger partial charge in [-0.2, -0.15) is 5.10 Å². The number of rotatable bonds is 2. The van der Waals surface area contributed by atoms with E-state index in [1.54, 1.807) is 0 Å². The lowest BCUT2D eigenvalue weighted by Gasteiger charge is -2.21. The van der Waals surface area contributed by atoms with Gasteiger partial charge in [0, 0.05) is 24.8 Å². The molecule has 1 fully saturated rings. The molecule has 1 unspecified atom stereocenters. The summed E-state index contributed by atoms with van der Waals surface area (Å²) in [6, 6.07) is 1.87. The Hall–Kier alpha value is -1.03. The lowest BCUT2D eigenvalue weighted by atomic mass is 10.1. The quantitative estimate of drug-likeness (QED) is 0.718. The molecular weight excluding hydrogens is 166 g/mol. The minimum absolute atomic E-state index is 0.355. The molecule has 0 aliphatic carbocycles. The van der Waals surface area contributed by atoms with Gasteiger partial charge in [0.05, 0.1) is 6.10 Å². The van der Waals surface area contributed by atoms with Crippen molar-refractivity contribution in [3.63, 3.8) is 0 Å². The zero-order valence-electron chi connectivity index (χ0n) is 7.62. The Morgan fingerprint density at radius 1 is 1.62 bits per heavy atom. The highest BCUT2D eigenvalue weighted by Gasteiger charge is 2.14. The van der Waals surface area contributed by atoms with Crippen LogP contribution in [0.15, 0.2) is 6.07 Å². The molecule has 4 heteroatoms. The standard InChI is InChI=1S/C9H15N3O/c10-9-6-7(11-12-9)5-8-3-1-2-4-13-8/h6,8H,1-5H2,(H3,10,11,12). The Balaban J connectivity index is 1.89. The van der Waals surface area contributed by atoms with Gasteiger partial charge >= 0.3 is 0 Å². The number of nitrogens with zero attached hydrogens (tertiary/aromatic N) is 1. The van der Waals surface area contributed by atoms with Crippen LogP contribution >= 0.6 is 0 Å². The van der Waals surface area contributed by atoms with E-state index in [-0.39, 0.29) is 0 Å². The summed E-state index contributed by atoms with van der Waals surface area (Å²) >= 11 is 0. The number of aromatic amines is 1. The molecule has 1 aromatic rings. The topological polar surface area (TPSA) is 63.9 Å². The number of nitrogens with one attached hydrogen (secondary N) is 1. The molecule has 2 rings (SSSR count). The summed E-state index contributed by atoms with van der Waals surface area (Å²) in [4.78, 5) is 0. The Bertz CT molecular complexity index is 266. The smallest absolute Gasteiger partial charge is 0.145 e. The second-order valence-electron chi connectivity index (χ2n) is 3.51. The van der Waals surface area contributed by atoms with Crippen LogP contribution in [0.4, 0.5) is 5.82 Å². The van der Waals surface area contributed by atoms with E-state index in [4.69, 9.17) is 10.5 Å². The summed E-state index contributed by atoms with van der Waals surface area (Å²) < 4.78 is 5.60. The van der Waals surface area contributed by atoms with Crippen molar-refractivity contribution < 1.29 is 4.74 Å². The molecule has 0 spiro atoms. The molecule has 1 atom stereocenters. The van der Waals surface area contributed by atoms with Crippen molar-refractivity contribution in [3.05, 3.63) is 11.8 Å². The second-order valence-corrected chi connectivity index (χ2v) is 3.51. The van der Waals surface area contributed by atoms with E-state index in [9.17, 15) is 0 Å². The molecule has 1 aromatic heterocycles. The van der Waals surface area contributed by atoms with E-state index in [0.717, 1.165) is 25.1 Å². The summed E-state index contributed by atoms with van der Waals surface area (Å²) in [5.74, 6) is 0.561. The summed E-state index contributed by atoms with van der Waals surface area (Å²) in [7, 11) is 0. The highest BCUT2D eigenvalue weighted by Crippen LogP contribution is 2.16. The lowest BCUT2D eigenvalue weighted by molar-refractivity contribution is 0.0162. The first kappa shape index (κ1) is 8.56. The van der Waals surface area contributed by atoms with Crippen molar-refractivity contribution in [2.24, 2.45) is 0 Å². The predicted octanol–water partition coefficient (Wildman–Crippen LogP) is 1.10. The number of nitrogen functional groups attached to an aromatic ring is 1. The number of anilines is 1. The highest BCUT2D eigenvalue weighted by molar-refractivity contribution is 5.28. The monoisotopic (exact) mass is 181 g/mol. The molecule has 3 N–H and O–H groups in total. The van der Waals surface area contributed by atoms with E-state index in [2.05, 4.69) is 10.2 Å². The largest absolute Gasteiger partial charge is 0.382 e. The normalized spacial score (nSPS) is 23.2. The molecule has 72 valence electrons. The highest BCUT2D eigenvalue weighted by atomic mass is 16.5. The van der Waals surface area contributed by atoms with Crippen LogP contribution in [0.2, 0.25) is 0 Å². The number of ether oxygens (including phenoxy) is 1. The van der Waals surface area contributed by atoms with Crippen molar-refractivity contribution in [2.75, 3.05) is 12.3 Å². The molecular formula is C9H15N3O. The third-order valence-corrected chi connectivity index (χ3v) is 2.37. The fraction of sp³-hybridized carbons (Fsp3) is 0.667. The van der Waals surface area contributed by atoms with Crippen molar-refractivity contribution in [1.82, 2.24) is 10.2 Å². The van der Waals surface area contributed by atoms with Gasteiger partial charge in [0.15, 0.2) is 0 Å². The van der Waals surface area contributed by atoms with Crippen molar-refractivity contribution in [1.29, 1.82) is 0 Å². The van der Waals surface area contributed by atoms with Gasteiger partial charge in [-0.3, -0.25) is 5.10 Å². The zero-order chi connectivity index (χ0) is 9.10. The van der Waals surface area contributed by atoms with Crippen molar-refractivity contribution in [3.8, 4) is 0 Å². The molecule has 1 aliphatic heterocycles. The van der Waals surface area contributed by atoms with Gasteiger partial charge in [-0.1, -0.05) is 0 Å². The number of nitrogens with two attached hydrogens (primary N) is 1. The number of aromatic nitrogens is 2. The van der Waals surface area contributed by atoms with Gasteiger partial charge in [0.1, 0.15) is 5.82 Å². The summed E-state index contributed by atoms with van der Waals surface area (Å²) in [6.07, 6.45) is 4.88. The molecule has 0 radical (unpaired) electrons. The maximum absolute atomic E-state index is 5.60. The molecule has 13 heavy (non-hydrogen) atoms. The average Bonchev–Trinajstić information content (AvgIpc) is 2.53. The lowest BCUT2D eigenvalue weighted by Crippen LogP contribution is -2.21. The second kappa shape index (κ2) is 3.79. The van der Waals surface area contributed by atoms with E-state index in [1.807, 2.05) is 6.07 Å². The fourth-order valence-electron chi connectivity index (χ4n) is 1.70. The molecule has 0 aromatic carbocycles. The Morgan fingerprint density at radius 3 is 3.15 bits per heavy atom. The van der Waals surface area contributed by atoms with E-state index < -0.39 is 0 Å². The third kappa shape index (κ3) is 2.21. The Kier molecular flexibility index (Phi) is 2.49. The zero-order valence-corrected chi connectivity index (χ0v) is 7.62. The van der Waals surface area contributed by atoms with Crippen LogP contribution in [0.25, 0.3) is 0 Å². The van der Waals surface area contributed by atoms with Gasteiger partial charge in [-0.25, -0.2) is 0 Å². The van der Waals surface area contributed by atoms with Gasteiger partial charge in [0.25, 0.3) is 0 Å².